The number of aliphatic hydroxyl groups excluding tert-OH is 1. The fourth-order valence-electron chi connectivity index (χ4n) is 4.09. The molecule has 35 heavy (non-hydrogen) atoms. The number of aliphatic hydroxyl groups is 1. The van der Waals surface area contributed by atoms with E-state index in [1.54, 1.807) is 7.11 Å². The Morgan fingerprint density at radius 3 is 2.51 bits per heavy atom. The first-order valence-corrected chi connectivity index (χ1v) is 12.4. The summed E-state index contributed by atoms with van der Waals surface area (Å²) in [6.45, 7) is 9.70. The van der Waals surface area contributed by atoms with E-state index >= 15 is 0 Å². The Morgan fingerprint density at radius 1 is 1.14 bits per heavy atom. The van der Waals surface area contributed by atoms with Crippen LogP contribution >= 0.6 is 0 Å². The number of ether oxygens (including phenoxy) is 1. The van der Waals surface area contributed by atoms with E-state index in [9.17, 15) is 9.90 Å². The highest BCUT2D eigenvalue weighted by Crippen LogP contribution is 2.30. The number of aromatic nitrogens is 2. The number of anilines is 2. The summed E-state index contributed by atoms with van der Waals surface area (Å²) in [5.74, 6) is 1.04. The summed E-state index contributed by atoms with van der Waals surface area (Å²) < 4.78 is 5.74. The van der Waals surface area contributed by atoms with Crippen LogP contribution in [-0.4, -0.2) is 70.9 Å². The second-order valence-electron chi connectivity index (χ2n) is 8.72. The number of rotatable bonds is 16. The molecule has 1 aromatic carbocycles. The van der Waals surface area contributed by atoms with Gasteiger partial charge in [0.05, 0.1) is 13.5 Å². The van der Waals surface area contributed by atoms with E-state index in [0.717, 1.165) is 59.9 Å². The Bertz CT molecular complexity index is 946. The SMILES string of the molecule is CCCCN(CCCO)c1nc(N)nc(C)c1Cc1ccc(CN(CC)CCC(=O)O)cc1OC. The van der Waals surface area contributed by atoms with Gasteiger partial charge in [-0.3, -0.25) is 9.69 Å². The number of benzene rings is 1. The second-order valence-corrected chi connectivity index (χ2v) is 8.72. The standard InChI is InChI=1S/C26H41N5O4/c1-5-7-12-31(13-8-15-32)25-22(19(3)28-26(27)29-25)17-21-10-9-20(16-23(21)35-4)18-30(6-2)14-11-24(33)34/h9-10,16,32H,5-8,11-15,17-18H2,1-4H3,(H,33,34)(H2,27,28,29). The van der Waals surface area contributed by atoms with Crippen molar-refractivity contribution in [3.8, 4) is 5.75 Å². The molecule has 1 aromatic heterocycles. The normalized spacial score (nSPS) is 11.1. The minimum atomic E-state index is -0.791. The number of carboxylic acid groups (broad SMARTS) is 1. The summed E-state index contributed by atoms with van der Waals surface area (Å²) in [7, 11) is 1.66. The van der Waals surface area contributed by atoms with E-state index in [0.29, 0.717) is 32.5 Å². The van der Waals surface area contributed by atoms with Crippen molar-refractivity contribution in [1.82, 2.24) is 14.9 Å². The number of hydrogen-bond donors (Lipinski definition) is 3. The molecule has 1 heterocycles. The first-order valence-electron chi connectivity index (χ1n) is 12.4. The lowest BCUT2D eigenvalue weighted by atomic mass is 10.0. The lowest BCUT2D eigenvalue weighted by molar-refractivity contribution is -0.137. The predicted molar refractivity (Wildman–Crippen MR) is 139 cm³/mol. The summed E-state index contributed by atoms with van der Waals surface area (Å²) in [6.07, 6.45) is 3.43. The highest BCUT2D eigenvalue weighted by molar-refractivity contribution is 5.66. The highest BCUT2D eigenvalue weighted by Gasteiger charge is 2.19. The second kappa shape index (κ2) is 14.5. The van der Waals surface area contributed by atoms with Gasteiger partial charge in [0.25, 0.3) is 0 Å². The van der Waals surface area contributed by atoms with E-state index in [-0.39, 0.29) is 19.0 Å². The highest BCUT2D eigenvalue weighted by atomic mass is 16.5. The quantitative estimate of drug-likeness (QED) is 0.327. The number of carbonyl (C=O) groups is 1. The zero-order valence-corrected chi connectivity index (χ0v) is 21.6. The number of methoxy groups -OCH3 is 1. The van der Waals surface area contributed by atoms with Crippen LogP contribution in [-0.2, 0) is 17.8 Å². The minimum Gasteiger partial charge on any atom is -0.496 e. The van der Waals surface area contributed by atoms with Crippen molar-refractivity contribution in [1.29, 1.82) is 0 Å². The Morgan fingerprint density at radius 2 is 1.89 bits per heavy atom. The molecule has 0 fully saturated rings. The first-order chi connectivity index (χ1) is 16.8. The molecule has 0 unspecified atom stereocenters. The molecule has 0 aliphatic heterocycles. The number of nitrogens with two attached hydrogens (primary N) is 1. The van der Waals surface area contributed by atoms with Crippen molar-refractivity contribution in [3.05, 3.63) is 40.6 Å². The molecule has 0 atom stereocenters. The van der Waals surface area contributed by atoms with E-state index in [1.165, 1.54) is 0 Å². The van der Waals surface area contributed by atoms with E-state index in [1.807, 2.05) is 19.9 Å². The van der Waals surface area contributed by atoms with Crippen LogP contribution in [0.15, 0.2) is 18.2 Å². The molecule has 0 bridgehead atoms. The van der Waals surface area contributed by atoms with E-state index in [4.69, 9.17) is 15.6 Å². The van der Waals surface area contributed by atoms with Gasteiger partial charge < -0.3 is 25.6 Å². The molecule has 0 amide bonds. The monoisotopic (exact) mass is 487 g/mol. The molecule has 2 rings (SSSR count). The molecule has 4 N–H and O–H groups in total. The average Bonchev–Trinajstić information content (AvgIpc) is 2.83. The summed E-state index contributed by atoms with van der Waals surface area (Å²) in [6, 6.07) is 6.14. The number of carboxylic acids is 1. The zero-order chi connectivity index (χ0) is 25.8. The molecule has 0 saturated heterocycles. The number of aliphatic carboxylic acids is 1. The number of unbranched alkanes of at least 4 members (excludes halogenated alkanes) is 1. The third kappa shape index (κ3) is 8.67. The average molecular weight is 488 g/mol. The molecule has 0 aliphatic carbocycles. The Hall–Kier alpha value is -2.91. The van der Waals surface area contributed by atoms with Gasteiger partial charge in [0.2, 0.25) is 5.95 Å². The van der Waals surface area contributed by atoms with Crippen LogP contribution in [0.3, 0.4) is 0 Å². The molecule has 2 aromatic rings. The van der Waals surface area contributed by atoms with Crippen LogP contribution in [0.1, 0.15) is 61.9 Å². The van der Waals surface area contributed by atoms with E-state index in [2.05, 4.69) is 38.8 Å². The Kier molecular flexibility index (Phi) is 11.7. The summed E-state index contributed by atoms with van der Waals surface area (Å²) in [4.78, 5) is 24.3. The van der Waals surface area contributed by atoms with Crippen molar-refractivity contribution in [3.63, 3.8) is 0 Å². The van der Waals surface area contributed by atoms with Crippen molar-refractivity contribution in [2.45, 2.75) is 59.4 Å². The maximum Gasteiger partial charge on any atom is 0.304 e. The van der Waals surface area contributed by atoms with Crippen LogP contribution in [0.2, 0.25) is 0 Å². The number of hydrogen-bond acceptors (Lipinski definition) is 8. The molecular formula is C26H41N5O4. The fourth-order valence-corrected chi connectivity index (χ4v) is 4.09. The molecule has 0 radical (unpaired) electrons. The molecule has 0 aliphatic rings. The van der Waals surface area contributed by atoms with Gasteiger partial charge in [0.15, 0.2) is 0 Å². The zero-order valence-electron chi connectivity index (χ0n) is 21.6. The molecule has 9 nitrogen and oxygen atoms in total. The molecular weight excluding hydrogens is 446 g/mol. The molecule has 194 valence electrons. The van der Waals surface area contributed by atoms with Crippen molar-refractivity contribution >= 4 is 17.7 Å². The van der Waals surface area contributed by atoms with Crippen LogP contribution < -0.4 is 15.4 Å². The van der Waals surface area contributed by atoms with Crippen molar-refractivity contribution in [2.24, 2.45) is 0 Å². The number of nitrogen functional groups attached to an aromatic ring is 1. The topological polar surface area (TPSA) is 125 Å². The third-order valence-corrected chi connectivity index (χ3v) is 6.09. The number of aryl methyl sites for hydroxylation is 1. The maximum absolute atomic E-state index is 11.0. The van der Waals surface area contributed by atoms with Crippen molar-refractivity contribution < 1.29 is 19.7 Å². The summed E-state index contributed by atoms with van der Waals surface area (Å²) >= 11 is 0. The third-order valence-electron chi connectivity index (χ3n) is 6.09. The van der Waals surface area contributed by atoms with Gasteiger partial charge in [-0.25, -0.2) is 4.98 Å². The molecule has 0 saturated carbocycles. The summed E-state index contributed by atoms with van der Waals surface area (Å²) in [5.41, 5.74) is 9.94. The minimum absolute atomic E-state index is 0.118. The van der Waals surface area contributed by atoms with Gasteiger partial charge in [0, 0.05) is 50.5 Å². The molecule has 0 spiro atoms. The molecule has 9 heteroatoms. The Labute approximate surface area is 208 Å². The van der Waals surface area contributed by atoms with Crippen LogP contribution in [0, 0.1) is 6.92 Å². The van der Waals surface area contributed by atoms with E-state index < -0.39 is 5.97 Å². The summed E-state index contributed by atoms with van der Waals surface area (Å²) in [5, 5.41) is 18.4. The van der Waals surface area contributed by atoms with Gasteiger partial charge in [0.1, 0.15) is 11.6 Å². The van der Waals surface area contributed by atoms with Gasteiger partial charge in [-0.1, -0.05) is 32.4 Å². The van der Waals surface area contributed by atoms with Crippen LogP contribution in [0.25, 0.3) is 0 Å². The number of nitrogens with zero attached hydrogens (tertiary/aromatic N) is 4. The van der Waals surface area contributed by atoms with Gasteiger partial charge in [-0.15, -0.1) is 0 Å². The van der Waals surface area contributed by atoms with Gasteiger partial charge in [-0.2, -0.15) is 4.98 Å². The van der Waals surface area contributed by atoms with Gasteiger partial charge >= 0.3 is 5.97 Å². The van der Waals surface area contributed by atoms with Crippen molar-refractivity contribution in [2.75, 3.05) is 50.5 Å². The smallest absolute Gasteiger partial charge is 0.304 e. The van der Waals surface area contributed by atoms with Gasteiger partial charge in [-0.05, 0) is 43.5 Å². The van der Waals surface area contributed by atoms with Crippen LogP contribution in [0.5, 0.6) is 5.75 Å². The first kappa shape index (κ1) is 28.3. The maximum atomic E-state index is 11.0. The largest absolute Gasteiger partial charge is 0.496 e. The lowest BCUT2D eigenvalue weighted by Gasteiger charge is -2.27. The Balaban J connectivity index is 2.35. The van der Waals surface area contributed by atoms with Crippen LogP contribution in [0.4, 0.5) is 11.8 Å². The lowest BCUT2D eigenvalue weighted by Crippen LogP contribution is -2.29. The fraction of sp³-hybridized carbons (Fsp3) is 0.577. The predicted octanol–water partition coefficient (Wildman–Crippen LogP) is 3.25.